The van der Waals surface area contributed by atoms with Gasteiger partial charge in [0.15, 0.2) is 0 Å². The lowest BCUT2D eigenvalue weighted by molar-refractivity contribution is -0.137. The zero-order chi connectivity index (χ0) is 29.4. The van der Waals surface area contributed by atoms with Crippen molar-refractivity contribution in [2.75, 3.05) is 19.0 Å². The number of aryl methyl sites for hydroxylation is 1. The molecule has 0 bridgehead atoms. The van der Waals surface area contributed by atoms with Gasteiger partial charge in [0.05, 0.1) is 16.6 Å². The first kappa shape index (κ1) is 30.6. The van der Waals surface area contributed by atoms with E-state index >= 15 is 0 Å². The number of nitrogens with two attached hydrogens (primary N) is 1. The molecule has 40 heavy (non-hydrogen) atoms. The molecule has 0 aliphatic rings. The van der Waals surface area contributed by atoms with Crippen LogP contribution in [0.5, 0.6) is 5.75 Å². The van der Waals surface area contributed by atoms with Crippen LogP contribution in [-0.2, 0) is 12.6 Å². The van der Waals surface area contributed by atoms with Crippen molar-refractivity contribution in [1.82, 2.24) is 4.98 Å². The number of amides is 1. The maximum atomic E-state index is 12.9. The Morgan fingerprint density at radius 3 is 2.25 bits per heavy atom. The number of phenolic OH excluding ortho intramolecular Hbond substituents is 1. The van der Waals surface area contributed by atoms with Gasteiger partial charge in [0, 0.05) is 5.39 Å². The van der Waals surface area contributed by atoms with Crippen LogP contribution in [0.25, 0.3) is 22.0 Å². The largest absolute Gasteiger partial charge is 0.508 e. The van der Waals surface area contributed by atoms with E-state index in [1.807, 2.05) is 12.1 Å². The average molecular weight is 571 g/mol. The highest BCUT2D eigenvalue weighted by Gasteiger charge is 2.30. The summed E-state index contributed by atoms with van der Waals surface area (Å²) >= 11 is 0. The summed E-state index contributed by atoms with van der Waals surface area (Å²) in [7, 11) is 0.270. The molecule has 3 aromatic carbocycles. The lowest BCUT2D eigenvalue weighted by Crippen LogP contribution is -2.14. The van der Waals surface area contributed by atoms with Crippen molar-refractivity contribution < 1.29 is 33.0 Å². The van der Waals surface area contributed by atoms with Crippen molar-refractivity contribution in [2.24, 2.45) is 5.73 Å². The first-order chi connectivity index (χ1) is 18.9. The molecule has 1 atom stereocenters. The van der Waals surface area contributed by atoms with Crippen LogP contribution < -0.4 is 5.73 Å². The quantitative estimate of drug-likeness (QED) is 0.194. The molecule has 4 N–H and O–H groups in total. The molecule has 210 valence electrons. The Hall–Kier alpha value is -3.97. The van der Waals surface area contributed by atoms with Gasteiger partial charge < -0.3 is 15.9 Å². The molecule has 4 rings (SSSR count). The van der Waals surface area contributed by atoms with E-state index in [0.29, 0.717) is 11.3 Å². The van der Waals surface area contributed by atoms with Crippen molar-refractivity contribution in [3.8, 4) is 16.9 Å². The number of aromatic hydroxyl groups is 1. The molecular formula is C30H30F3N2O4P. The molecule has 0 saturated carbocycles. The number of aromatic carboxylic acids is 1. The lowest BCUT2D eigenvalue weighted by Gasteiger charge is -2.10. The summed E-state index contributed by atoms with van der Waals surface area (Å²) in [5, 5.41) is 18.7. The Balaban J connectivity index is 0.000000267. The number of rotatable bonds is 8. The minimum atomic E-state index is -4.49. The van der Waals surface area contributed by atoms with Crippen LogP contribution in [0, 0.1) is 0 Å². The van der Waals surface area contributed by atoms with E-state index in [2.05, 4.69) is 18.6 Å². The maximum Gasteiger partial charge on any atom is 0.416 e. The number of nitrogens with zero attached hydrogens (tertiary/aromatic N) is 1. The minimum Gasteiger partial charge on any atom is -0.508 e. The Morgan fingerprint density at radius 2 is 1.65 bits per heavy atom. The second kappa shape index (κ2) is 13.4. The third-order valence-electron chi connectivity index (χ3n) is 6.30. The number of carbonyl (C=O) groups excluding carboxylic acids is 1. The number of phenols is 1. The third kappa shape index (κ3) is 8.26. The van der Waals surface area contributed by atoms with Gasteiger partial charge in [0.25, 0.3) is 5.91 Å². The predicted molar refractivity (Wildman–Crippen MR) is 152 cm³/mol. The van der Waals surface area contributed by atoms with E-state index in [1.54, 1.807) is 12.1 Å². The van der Waals surface area contributed by atoms with Crippen LogP contribution >= 0.6 is 7.92 Å². The number of pyridine rings is 1. The Kier molecular flexibility index (Phi) is 10.2. The van der Waals surface area contributed by atoms with Crippen LogP contribution in [0.2, 0.25) is 0 Å². The summed E-state index contributed by atoms with van der Waals surface area (Å²) in [5.41, 5.74) is 6.13. The number of carboxylic acid groups (broad SMARTS) is 1. The van der Waals surface area contributed by atoms with Crippen LogP contribution in [0.15, 0.2) is 72.8 Å². The first-order valence-electron chi connectivity index (χ1n) is 12.5. The molecule has 1 heterocycles. The van der Waals surface area contributed by atoms with Gasteiger partial charge in [-0.2, -0.15) is 13.2 Å². The van der Waals surface area contributed by atoms with Gasteiger partial charge in [-0.3, -0.25) is 4.79 Å². The van der Waals surface area contributed by atoms with Gasteiger partial charge >= 0.3 is 12.1 Å². The van der Waals surface area contributed by atoms with E-state index in [9.17, 15) is 27.9 Å². The van der Waals surface area contributed by atoms with E-state index in [1.165, 1.54) is 54.6 Å². The number of benzene rings is 3. The van der Waals surface area contributed by atoms with Crippen molar-refractivity contribution >= 4 is 30.7 Å². The summed E-state index contributed by atoms with van der Waals surface area (Å²) in [5.74, 6) is -1.82. The van der Waals surface area contributed by atoms with Crippen LogP contribution in [0.1, 0.15) is 45.3 Å². The number of primary amides is 1. The van der Waals surface area contributed by atoms with Gasteiger partial charge in [0.2, 0.25) is 0 Å². The molecule has 0 aliphatic carbocycles. The van der Waals surface area contributed by atoms with Gasteiger partial charge in [-0.15, -0.1) is 7.92 Å². The van der Waals surface area contributed by atoms with Gasteiger partial charge in [-0.25, -0.2) is 9.78 Å². The third-order valence-corrected chi connectivity index (χ3v) is 8.46. The molecular weight excluding hydrogens is 540 g/mol. The molecule has 1 amide bonds. The molecule has 0 saturated heterocycles. The molecule has 1 unspecified atom stereocenters. The normalized spacial score (nSPS) is 11.9. The van der Waals surface area contributed by atoms with Crippen molar-refractivity contribution in [3.05, 3.63) is 95.2 Å². The monoisotopic (exact) mass is 570 g/mol. The number of hydrogen-bond acceptors (Lipinski definition) is 4. The number of fused-ring (bicyclic) bond motifs is 1. The summed E-state index contributed by atoms with van der Waals surface area (Å²) in [6.07, 6.45) is 0.641. The van der Waals surface area contributed by atoms with E-state index < -0.39 is 23.6 Å². The Bertz CT molecular complexity index is 1490. The molecule has 6 nitrogen and oxygen atoms in total. The molecule has 1 aromatic heterocycles. The van der Waals surface area contributed by atoms with Crippen molar-refractivity contribution in [2.45, 2.75) is 25.9 Å². The second-order valence-corrected chi connectivity index (χ2v) is 12.0. The average Bonchev–Trinajstić information content (AvgIpc) is 2.93. The number of aromatic nitrogens is 1. The smallest absolute Gasteiger partial charge is 0.416 e. The summed E-state index contributed by atoms with van der Waals surface area (Å²) < 4.78 is 38.7. The highest BCUT2D eigenvalue weighted by atomic mass is 31.1. The number of carboxylic acids is 1. The summed E-state index contributed by atoms with van der Waals surface area (Å²) in [6, 6.07) is 17.7. The van der Waals surface area contributed by atoms with Crippen molar-refractivity contribution in [3.63, 3.8) is 0 Å². The zero-order valence-electron chi connectivity index (χ0n) is 22.1. The first-order valence-corrected chi connectivity index (χ1v) is 14.7. The molecule has 0 fully saturated rings. The zero-order valence-corrected chi connectivity index (χ0v) is 23.0. The number of hydrogen-bond donors (Lipinski definition) is 3. The lowest BCUT2D eigenvalue weighted by atomic mass is 9.98. The van der Waals surface area contributed by atoms with E-state index in [0.717, 1.165) is 24.6 Å². The van der Waals surface area contributed by atoms with E-state index in [4.69, 9.17) is 10.8 Å². The molecule has 0 aliphatic heterocycles. The van der Waals surface area contributed by atoms with Crippen LogP contribution in [-0.4, -0.2) is 46.1 Å². The molecule has 0 radical (unpaired) electrons. The Morgan fingerprint density at radius 1 is 0.975 bits per heavy atom. The fourth-order valence-corrected chi connectivity index (χ4v) is 4.97. The summed E-state index contributed by atoms with van der Waals surface area (Å²) in [6.45, 7) is 4.64. The van der Waals surface area contributed by atoms with Gasteiger partial charge in [-0.1, -0.05) is 37.3 Å². The van der Waals surface area contributed by atoms with Crippen LogP contribution in [0.4, 0.5) is 13.2 Å². The SMILES string of the molecule is CCP(C)CCCc1ccc(O)cc1.NC(=O)c1cc(C(=O)O)c2cc(-c3cccc(C(F)(F)F)c3)ccc2n1. The number of alkyl halides is 3. The van der Waals surface area contributed by atoms with Crippen LogP contribution in [0.3, 0.4) is 0 Å². The highest BCUT2D eigenvalue weighted by Crippen LogP contribution is 2.33. The predicted octanol–water partition coefficient (Wildman–Crippen LogP) is 7.17. The number of carbonyl (C=O) groups is 2. The highest BCUT2D eigenvalue weighted by molar-refractivity contribution is 7.56. The molecule has 10 heteroatoms. The second-order valence-electron chi connectivity index (χ2n) is 9.20. The number of halogens is 3. The fraction of sp³-hybridized carbons (Fsp3) is 0.233. The van der Waals surface area contributed by atoms with Gasteiger partial charge in [0.1, 0.15) is 11.4 Å². The minimum absolute atomic E-state index is 0.192. The van der Waals surface area contributed by atoms with Crippen molar-refractivity contribution in [1.29, 1.82) is 0 Å². The van der Waals surface area contributed by atoms with E-state index in [-0.39, 0.29) is 35.6 Å². The Labute approximate surface area is 231 Å². The summed E-state index contributed by atoms with van der Waals surface area (Å²) in [4.78, 5) is 26.8. The molecule has 4 aromatic rings. The topological polar surface area (TPSA) is 114 Å². The molecule has 0 spiro atoms. The maximum absolute atomic E-state index is 12.9. The fourth-order valence-electron chi connectivity index (χ4n) is 3.96. The van der Waals surface area contributed by atoms with Gasteiger partial charge in [-0.05, 0) is 91.0 Å². The standard InChI is InChI=1S/C18H11F3N2O3.C12H19OP/c19-18(20,21)11-3-1-2-9(6-11)10-4-5-14-12(7-10)13(17(25)26)8-15(23-14)16(22)24;1-3-14(2)10-4-5-11-6-8-12(13)9-7-11/h1-8H,(H2,22,24)(H,25,26);6-9,13H,3-5,10H2,1-2H3.